The highest BCUT2D eigenvalue weighted by Crippen LogP contribution is 2.29. The van der Waals surface area contributed by atoms with Gasteiger partial charge in [-0.1, -0.05) is 37.3 Å². The molecule has 0 bridgehead atoms. The maximum Gasteiger partial charge on any atom is 0.296 e. The number of carbonyl (C=O) groups excluding carboxylic acids is 1. The SMILES string of the molecule is CC[C@@H](Nc1nc2ccc(Oc3ccnc(C(=O)NC)c3)cc2o1)c1ccccc1. The Morgan fingerprint density at radius 1 is 1.10 bits per heavy atom. The van der Waals surface area contributed by atoms with Crippen LogP contribution in [0.5, 0.6) is 11.5 Å². The molecule has 2 N–H and O–H groups in total. The van der Waals surface area contributed by atoms with Crippen molar-refractivity contribution in [3.8, 4) is 11.5 Å². The molecule has 7 heteroatoms. The van der Waals surface area contributed by atoms with E-state index in [2.05, 4.69) is 39.7 Å². The zero-order valence-corrected chi connectivity index (χ0v) is 16.8. The number of amides is 1. The molecular formula is C23H22N4O3. The van der Waals surface area contributed by atoms with Crippen molar-refractivity contribution in [3.63, 3.8) is 0 Å². The van der Waals surface area contributed by atoms with E-state index in [0.717, 1.165) is 11.9 Å². The lowest BCUT2D eigenvalue weighted by Crippen LogP contribution is -2.18. The van der Waals surface area contributed by atoms with Gasteiger partial charge in [-0.25, -0.2) is 0 Å². The smallest absolute Gasteiger partial charge is 0.296 e. The number of hydrogen-bond donors (Lipinski definition) is 2. The van der Waals surface area contributed by atoms with Crippen LogP contribution in [0.3, 0.4) is 0 Å². The van der Waals surface area contributed by atoms with Crippen molar-refractivity contribution < 1.29 is 13.9 Å². The number of carbonyl (C=O) groups is 1. The van der Waals surface area contributed by atoms with Gasteiger partial charge in [0.25, 0.3) is 11.9 Å². The van der Waals surface area contributed by atoms with Crippen molar-refractivity contribution in [2.45, 2.75) is 19.4 Å². The minimum atomic E-state index is -0.272. The zero-order valence-electron chi connectivity index (χ0n) is 16.8. The standard InChI is InChI=1S/C23H22N4O3/c1-3-18(15-7-5-4-6-8-15)26-23-27-19-10-9-16(14-21(19)30-23)29-17-11-12-25-20(13-17)22(28)24-2/h4-14,18H,3H2,1-2H3,(H,24,28)(H,26,27)/t18-/m1/s1. The Kier molecular flexibility index (Phi) is 5.61. The summed E-state index contributed by atoms with van der Waals surface area (Å²) in [6.07, 6.45) is 2.43. The highest BCUT2D eigenvalue weighted by atomic mass is 16.5. The van der Waals surface area contributed by atoms with Crippen LogP contribution in [0.2, 0.25) is 0 Å². The van der Waals surface area contributed by atoms with Gasteiger partial charge < -0.3 is 19.8 Å². The quantitative estimate of drug-likeness (QED) is 0.455. The van der Waals surface area contributed by atoms with E-state index in [9.17, 15) is 4.79 Å². The van der Waals surface area contributed by atoms with Crippen LogP contribution in [0.1, 0.15) is 35.4 Å². The molecule has 152 valence electrons. The van der Waals surface area contributed by atoms with Crippen molar-refractivity contribution in [2.75, 3.05) is 12.4 Å². The number of nitrogens with one attached hydrogen (secondary N) is 2. The number of hydrogen-bond acceptors (Lipinski definition) is 6. The van der Waals surface area contributed by atoms with Crippen LogP contribution in [-0.4, -0.2) is 22.9 Å². The van der Waals surface area contributed by atoms with Gasteiger partial charge in [0.2, 0.25) is 0 Å². The minimum Gasteiger partial charge on any atom is -0.457 e. The molecule has 4 aromatic rings. The molecule has 2 aromatic carbocycles. The van der Waals surface area contributed by atoms with E-state index in [4.69, 9.17) is 9.15 Å². The molecule has 1 atom stereocenters. The summed E-state index contributed by atoms with van der Waals surface area (Å²) in [5, 5.41) is 5.90. The molecule has 0 saturated heterocycles. The Morgan fingerprint density at radius 2 is 1.90 bits per heavy atom. The summed E-state index contributed by atoms with van der Waals surface area (Å²) in [5.74, 6) is 0.816. The number of oxazole rings is 1. The van der Waals surface area contributed by atoms with Crippen LogP contribution in [-0.2, 0) is 0 Å². The van der Waals surface area contributed by atoms with Crippen molar-refractivity contribution in [3.05, 3.63) is 78.1 Å². The van der Waals surface area contributed by atoms with Crippen molar-refractivity contribution in [1.29, 1.82) is 0 Å². The predicted molar refractivity (Wildman–Crippen MR) is 115 cm³/mol. The molecule has 2 aromatic heterocycles. The number of benzene rings is 2. The van der Waals surface area contributed by atoms with E-state index >= 15 is 0 Å². The molecule has 0 spiro atoms. The Bertz CT molecular complexity index is 1160. The van der Waals surface area contributed by atoms with Gasteiger partial charge in [0.05, 0.1) is 6.04 Å². The molecule has 0 aliphatic carbocycles. The van der Waals surface area contributed by atoms with Gasteiger partial charge >= 0.3 is 0 Å². The summed E-state index contributed by atoms with van der Waals surface area (Å²) in [6, 6.07) is 19.5. The first-order valence-corrected chi connectivity index (χ1v) is 9.74. The van der Waals surface area contributed by atoms with E-state index in [1.807, 2.05) is 30.3 Å². The lowest BCUT2D eigenvalue weighted by atomic mass is 10.1. The molecule has 1 amide bonds. The number of ether oxygens (including phenoxy) is 1. The first-order chi connectivity index (χ1) is 14.7. The van der Waals surface area contributed by atoms with Crippen LogP contribution in [0.25, 0.3) is 11.1 Å². The van der Waals surface area contributed by atoms with Gasteiger partial charge in [0, 0.05) is 25.4 Å². The van der Waals surface area contributed by atoms with Crippen LogP contribution < -0.4 is 15.4 Å². The summed E-state index contributed by atoms with van der Waals surface area (Å²) < 4.78 is 11.8. The van der Waals surface area contributed by atoms with E-state index < -0.39 is 0 Å². The molecule has 0 unspecified atom stereocenters. The third kappa shape index (κ3) is 4.25. The minimum absolute atomic E-state index is 0.106. The number of rotatable bonds is 7. The van der Waals surface area contributed by atoms with E-state index in [1.165, 1.54) is 11.8 Å². The Hall–Kier alpha value is -3.87. The van der Waals surface area contributed by atoms with Crippen LogP contribution >= 0.6 is 0 Å². The summed E-state index contributed by atoms with van der Waals surface area (Å²) in [4.78, 5) is 20.3. The molecule has 2 heterocycles. The van der Waals surface area contributed by atoms with E-state index in [1.54, 1.807) is 25.2 Å². The van der Waals surface area contributed by atoms with Crippen LogP contribution in [0.15, 0.2) is 71.3 Å². The number of aromatic nitrogens is 2. The van der Waals surface area contributed by atoms with Gasteiger partial charge in [0.1, 0.15) is 22.7 Å². The second-order valence-corrected chi connectivity index (χ2v) is 6.72. The molecule has 0 aliphatic rings. The zero-order chi connectivity index (χ0) is 20.9. The van der Waals surface area contributed by atoms with E-state index in [0.29, 0.717) is 23.1 Å². The lowest BCUT2D eigenvalue weighted by Gasteiger charge is -2.15. The molecule has 0 aliphatic heterocycles. The first kappa shape index (κ1) is 19.4. The number of anilines is 1. The highest BCUT2D eigenvalue weighted by molar-refractivity contribution is 5.92. The fraction of sp³-hybridized carbons (Fsp3) is 0.174. The summed E-state index contributed by atoms with van der Waals surface area (Å²) in [5.41, 5.74) is 2.80. The van der Waals surface area contributed by atoms with Gasteiger partial charge in [-0.15, -0.1) is 0 Å². The summed E-state index contributed by atoms with van der Waals surface area (Å²) in [7, 11) is 1.56. The van der Waals surface area contributed by atoms with E-state index in [-0.39, 0.29) is 17.6 Å². The molecule has 0 radical (unpaired) electrons. The third-order valence-corrected chi connectivity index (χ3v) is 4.69. The summed E-state index contributed by atoms with van der Waals surface area (Å²) in [6.45, 7) is 2.11. The molecule has 0 saturated carbocycles. The van der Waals surface area contributed by atoms with Crippen LogP contribution in [0, 0.1) is 0 Å². The predicted octanol–water partition coefficient (Wildman–Crippen LogP) is 4.94. The fourth-order valence-corrected chi connectivity index (χ4v) is 3.15. The van der Waals surface area contributed by atoms with Crippen molar-refractivity contribution >= 4 is 23.0 Å². The topological polar surface area (TPSA) is 89.3 Å². The Morgan fingerprint density at radius 3 is 2.67 bits per heavy atom. The largest absolute Gasteiger partial charge is 0.457 e. The molecular weight excluding hydrogens is 380 g/mol. The number of nitrogens with zero attached hydrogens (tertiary/aromatic N) is 2. The molecule has 0 fully saturated rings. The van der Waals surface area contributed by atoms with Gasteiger partial charge in [-0.3, -0.25) is 9.78 Å². The van der Waals surface area contributed by atoms with Crippen molar-refractivity contribution in [1.82, 2.24) is 15.3 Å². The molecule has 30 heavy (non-hydrogen) atoms. The lowest BCUT2D eigenvalue weighted by molar-refractivity contribution is 0.0958. The van der Waals surface area contributed by atoms with Gasteiger partial charge in [0.15, 0.2) is 5.58 Å². The van der Waals surface area contributed by atoms with Gasteiger partial charge in [-0.2, -0.15) is 4.98 Å². The van der Waals surface area contributed by atoms with Crippen molar-refractivity contribution in [2.24, 2.45) is 0 Å². The average Bonchev–Trinajstić information content (AvgIpc) is 3.19. The maximum absolute atomic E-state index is 11.8. The second kappa shape index (κ2) is 8.65. The monoisotopic (exact) mass is 402 g/mol. The molecule has 4 rings (SSSR count). The Balaban J connectivity index is 1.53. The second-order valence-electron chi connectivity index (χ2n) is 6.72. The first-order valence-electron chi connectivity index (χ1n) is 9.74. The normalized spacial score (nSPS) is 11.8. The average molecular weight is 402 g/mol. The number of pyridine rings is 1. The van der Waals surface area contributed by atoms with Gasteiger partial charge in [-0.05, 0) is 30.2 Å². The number of fused-ring (bicyclic) bond motifs is 1. The molecule has 7 nitrogen and oxygen atoms in total. The highest BCUT2D eigenvalue weighted by Gasteiger charge is 2.14. The maximum atomic E-state index is 11.8. The fourth-order valence-electron chi connectivity index (χ4n) is 3.15. The summed E-state index contributed by atoms with van der Waals surface area (Å²) >= 11 is 0. The third-order valence-electron chi connectivity index (χ3n) is 4.69. The Labute approximate surface area is 174 Å². The van der Waals surface area contributed by atoms with Crippen LogP contribution in [0.4, 0.5) is 6.01 Å².